The fourth-order valence-corrected chi connectivity index (χ4v) is 1.78. The van der Waals surface area contributed by atoms with E-state index in [4.69, 9.17) is 5.73 Å². The predicted octanol–water partition coefficient (Wildman–Crippen LogP) is 2.86. The molecule has 4 nitrogen and oxygen atoms in total. The van der Waals surface area contributed by atoms with Crippen molar-refractivity contribution in [2.45, 2.75) is 33.6 Å². The molecule has 0 saturated carbocycles. The largest absolute Gasteiger partial charge is 0.398 e. The number of anilines is 1. The van der Waals surface area contributed by atoms with E-state index >= 15 is 0 Å². The van der Waals surface area contributed by atoms with Gasteiger partial charge in [0.05, 0.1) is 0 Å². The Hall–Kier alpha value is -1.97. The lowest BCUT2D eigenvalue weighted by Gasteiger charge is -2.10. The second-order valence-corrected chi connectivity index (χ2v) is 4.74. The molecule has 0 aliphatic rings. The molecule has 0 radical (unpaired) electrons. The molecule has 1 aromatic carbocycles. The molecule has 94 valence electrons. The fourth-order valence-electron chi connectivity index (χ4n) is 1.78. The van der Waals surface area contributed by atoms with E-state index in [9.17, 15) is 0 Å². The molecule has 0 fully saturated rings. The Morgan fingerprint density at radius 3 is 2.44 bits per heavy atom. The number of aryl methyl sites for hydroxylation is 1. The molecule has 2 rings (SSSR count). The molecule has 18 heavy (non-hydrogen) atoms. The van der Waals surface area contributed by atoms with Crippen molar-refractivity contribution in [1.82, 2.24) is 15.0 Å². The number of hydrogen-bond donors (Lipinski definition) is 1. The highest BCUT2D eigenvalue weighted by atomic mass is 15.0. The average molecular weight is 242 g/mol. The van der Waals surface area contributed by atoms with Gasteiger partial charge in [0, 0.05) is 17.2 Å². The van der Waals surface area contributed by atoms with Crippen LogP contribution in [0.15, 0.2) is 18.2 Å². The molecule has 1 heterocycles. The van der Waals surface area contributed by atoms with Crippen LogP contribution in [0.4, 0.5) is 5.69 Å². The van der Waals surface area contributed by atoms with Crippen molar-refractivity contribution < 1.29 is 0 Å². The van der Waals surface area contributed by atoms with E-state index in [1.54, 1.807) is 0 Å². The highest BCUT2D eigenvalue weighted by molar-refractivity contribution is 5.67. The third-order valence-corrected chi connectivity index (χ3v) is 2.90. The lowest BCUT2D eigenvalue weighted by Crippen LogP contribution is -2.05. The summed E-state index contributed by atoms with van der Waals surface area (Å²) in [4.78, 5) is 13.3. The van der Waals surface area contributed by atoms with E-state index in [0.29, 0.717) is 5.82 Å². The molecule has 0 amide bonds. The summed E-state index contributed by atoms with van der Waals surface area (Å²) in [5, 5.41) is 0. The normalized spacial score (nSPS) is 10.9. The van der Waals surface area contributed by atoms with E-state index in [0.717, 1.165) is 28.5 Å². The van der Waals surface area contributed by atoms with Crippen LogP contribution in [0.3, 0.4) is 0 Å². The second-order valence-electron chi connectivity index (χ2n) is 4.74. The zero-order chi connectivity index (χ0) is 13.3. The molecule has 0 atom stereocenters. The molecule has 4 heteroatoms. The summed E-state index contributed by atoms with van der Waals surface area (Å²) in [6.45, 7) is 8.02. The summed E-state index contributed by atoms with van der Waals surface area (Å²) in [5.41, 5.74) is 8.67. The number of nitrogens with zero attached hydrogens (tertiary/aromatic N) is 3. The second kappa shape index (κ2) is 4.72. The van der Waals surface area contributed by atoms with Gasteiger partial charge in [-0.05, 0) is 25.5 Å². The summed E-state index contributed by atoms with van der Waals surface area (Å²) in [6.07, 6.45) is 0. The van der Waals surface area contributed by atoms with Crippen molar-refractivity contribution in [2.75, 3.05) is 5.73 Å². The Bertz CT molecular complexity index is 576. The first-order valence-corrected chi connectivity index (χ1v) is 6.07. The van der Waals surface area contributed by atoms with Gasteiger partial charge in [-0.1, -0.05) is 26.0 Å². The van der Waals surface area contributed by atoms with Crippen molar-refractivity contribution in [3.8, 4) is 11.4 Å². The van der Waals surface area contributed by atoms with E-state index in [1.807, 2.05) is 32.0 Å². The number of nitrogens with two attached hydrogens (primary N) is 1. The molecule has 0 aliphatic heterocycles. The molecule has 2 aromatic rings. The number of nitrogen functional groups attached to an aromatic ring is 1. The van der Waals surface area contributed by atoms with Gasteiger partial charge in [0.25, 0.3) is 0 Å². The lowest BCUT2D eigenvalue weighted by atomic mass is 10.1. The minimum Gasteiger partial charge on any atom is -0.398 e. The van der Waals surface area contributed by atoms with E-state index in [2.05, 4.69) is 28.8 Å². The van der Waals surface area contributed by atoms with Gasteiger partial charge < -0.3 is 5.73 Å². The van der Waals surface area contributed by atoms with Gasteiger partial charge >= 0.3 is 0 Å². The van der Waals surface area contributed by atoms with E-state index < -0.39 is 0 Å². The van der Waals surface area contributed by atoms with Crippen LogP contribution >= 0.6 is 0 Å². The molecule has 0 unspecified atom stereocenters. The van der Waals surface area contributed by atoms with Crippen molar-refractivity contribution in [1.29, 1.82) is 0 Å². The summed E-state index contributed by atoms with van der Waals surface area (Å²) in [5.74, 6) is 2.55. The molecule has 0 aliphatic carbocycles. The molecule has 0 bridgehead atoms. The van der Waals surface area contributed by atoms with Crippen LogP contribution in [-0.2, 0) is 0 Å². The number of aromatic nitrogens is 3. The van der Waals surface area contributed by atoms with Crippen molar-refractivity contribution >= 4 is 5.69 Å². The zero-order valence-electron chi connectivity index (χ0n) is 11.2. The number of benzene rings is 1. The smallest absolute Gasteiger partial charge is 0.163 e. The topological polar surface area (TPSA) is 64.7 Å². The van der Waals surface area contributed by atoms with E-state index in [-0.39, 0.29) is 5.92 Å². The molecular weight excluding hydrogens is 224 g/mol. The van der Waals surface area contributed by atoms with Gasteiger partial charge in [0.15, 0.2) is 5.82 Å². The summed E-state index contributed by atoms with van der Waals surface area (Å²) in [7, 11) is 0. The standard InChI is InChI=1S/C14H18N4/c1-8(2)13-16-10(4)17-14(18-13)11-6-5-7-12(15)9(11)3/h5-8H,15H2,1-4H3. The Kier molecular flexibility index (Phi) is 3.28. The van der Waals surface area contributed by atoms with Crippen LogP contribution in [0.25, 0.3) is 11.4 Å². The van der Waals surface area contributed by atoms with Gasteiger partial charge in [0.2, 0.25) is 0 Å². The summed E-state index contributed by atoms with van der Waals surface area (Å²) < 4.78 is 0. The van der Waals surface area contributed by atoms with Crippen LogP contribution in [0.5, 0.6) is 0 Å². The molecule has 0 saturated heterocycles. The Morgan fingerprint density at radius 2 is 1.78 bits per heavy atom. The van der Waals surface area contributed by atoms with Crippen molar-refractivity contribution in [3.63, 3.8) is 0 Å². The van der Waals surface area contributed by atoms with Gasteiger partial charge in [-0.2, -0.15) is 0 Å². The predicted molar refractivity (Wildman–Crippen MR) is 73.2 cm³/mol. The Morgan fingerprint density at radius 1 is 1.06 bits per heavy atom. The monoisotopic (exact) mass is 242 g/mol. The van der Waals surface area contributed by atoms with Crippen LogP contribution in [0.1, 0.15) is 37.0 Å². The third kappa shape index (κ3) is 2.32. The molecule has 1 aromatic heterocycles. The van der Waals surface area contributed by atoms with Crippen molar-refractivity contribution in [2.24, 2.45) is 0 Å². The maximum absolute atomic E-state index is 5.92. The summed E-state index contributed by atoms with van der Waals surface area (Å²) in [6, 6.07) is 5.80. The van der Waals surface area contributed by atoms with Gasteiger partial charge in [0.1, 0.15) is 11.6 Å². The van der Waals surface area contributed by atoms with Crippen molar-refractivity contribution in [3.05, 3.63) is 35.4 Å². The van der Waals surface area contributed by atoms with Gasteiger partial charge in [-0.3, -0.25) is 0 Å². The highest BCUT2D eigenvalue weighted by Gasteiger charge is 2.11. The average Bonchev–Trinajstić information content (AvgIpc) is 2.31. The number of rotatable bonds is 2. The number of hydrogen-bond acceptors (Lipinski definition) is 4. The SMILES string of the molecule is Cc1nc(-c2cccc(N)c2C)nc(C(C)C)n1. The third-order valence-electron chi connectivity index (χ3n) is 2.90. The highest BCUT2D eigenvalue weighted by Crippen LogP contribution is 2.25. The first kappa shape index (κ1) is 12.5. The lowest BCUT2D eigenvalue weighted by molar-refractivity contribution is 0.750. The molecular formula is C14H18N4. The minimum absolute atomic E-state index is 0.284. The zero-order valence-corrected chi connectivity index (χ0v) is 11.2. The van der Waals surface area contributed by atoms with Crippen LogP contribution in [0.2, 0.25) is 0 Å². The first-order valence-electron chi connectivity index (χ1n) is 6.07. The van der Waals surface area contributed by atoms with E-state index in [1.165, 1.54) is 0 Å². The van der Waals surface area contributed by atoms with Gasteiger partial charge in [-0.25, -0.2) is 15.0 Å². The summed E-state index contributed by atoms with van der Waals surface area (Å²) >= 11 is 0. The molecule has 2 N–H and O–H groups in total. The van der Waals surface area contributed by atoms with Crippen LogP contribution in [-0.4, -0.2) is 15.0 Å². The maximum Gasteiger partial charge on any atom is 0.163 e. The molecule has 0 spiro atoms. The van der Waals surface area contributed by atoms with Crippen LogP contribution < -0.4 is 5.73 Å². The Labute approximate surface area is 107 Å². The maximum atomic E-state index is 5.92. The minimum atomic E-state index is 0.284. The Balaban J connectivity index is 2.60. The van der Waals surface area contributed by atoms with Gasteiger partial charge in [-0.15, -0.1) is 0 Å². The van der Waals surface area contributed by atoms with Crippen LogP contribution in [0, 0.1) is 13.8 Å². The quantitative estimate of drug-likeness (QED) is 0.822. The fraction of sp³-hybridized carbons (Fsp3) is 0.357. The first-order chi connectivity index (χ1) is 8.49.